The molecule has 1 N–H and O–H groups in total. The highest BCUT2D eigenvalue weighted by molar-refractivity contribution is 7.13. The highest BCUT2D eigenvalue weighted by atomic mass is 32.1. The first-order valence-corrected chi connectivity index (χ1v) is 7.14. The van der Waals surface area contributed by atoms with Crippen LogP contribution in [-0.2, 0) is 9.53 Å². The fraction of sp³-hybridized carbons (Fsp3) is 0.308. The Morgan fingerprint density at radius 2 is 2.33 bits per heavy atom. The monoisotopic (exact) mass is 308 g/mol. The summed E-state index contributed by atoms with van der Waals surface area (Å²) in [4.78, 5) is 29.2. The summed E-state index contributed by atoms with van der Waals surface area (Å²) >= 11 is 1.31. The molecule has 1 fully saturated rings. The summed E-state index contributed by atoms with van der Waals surface area (Å²) < 4.78 is 10.1. The minimum atomic E-state index is -1.08. The lowest BCUT2D eigenvalue weighted by molar-refractivity contribution is -0.147. The normalized spacial score (nSPS) is 18.7. The lowest BCUT2D eigenvalue weighted by Gasteiger charge is -2.32. The Morgan fingerprint density at radius 3 is 3.05 bits per heavy atom. The molecule has 0 aliphatic carbocycles. The molecule has 0 bridgehead atoms. The van der Waals surface area contributed by atoms with Crippen molar-refractivity contribution in [1.82, 2.24) is 9.88 Å². The van der Waals surface area contributed by atoms with Crippen LogP contribution < -0.4 is 0 Å². The third kappa shape index (κ3) is 2.67. The summed E-state index contributed by atoms with van der Waals surface area (Å²) in [6.07, 6.45) is 3.07. The van der Waals surface area contributed by atoms with Gasteiger partial charge in [-0.1, -0.05) is 0 Å². The van der Waals surface area contributed by atoms with E-state index < -0.39 is 17.9 Å². The van der Waals surface area contributed by atoms with Crippen molar-refractivity contribution in [3.8, 4) is 10.6 Å². The first-order chi connectivity index (χ1) is 10.2. The van der Waals surface area contributed by atoms with Crippen LogP contribution in [0.1, 0.15) is 10.5 Å². The Hall–Kier alpha value is -2.19. The van der Waals surface area contributed by atoms with E-state index in [4.69, 9.17) is 14.3 Å². The van der Waals surface area contributed by atoms with Crippen LogP contribution in [0.5, 0.6) is 0 Å². The summed E-state index contributed by atoms with van der Waals surface area (Å²) in [6, 6.07) is 0.785. The molecule has 7 nitrogen and oxygen atoms in total. The van der Waals surface area contributed by atoms with Crippen LogP contribution in [0.25, 0.3) is 10.6 Å². The van der Waals surface area contributed by atoms with Gasteiger partial charge in [-0.05, 0) is 6.07 Å². The molecule has 0 aromatic carbocycles. The molecule has 21 heavy (non-hydrogen) atoms. The van der Waals surface area contributed by atoms with Crippen LogP contribution in [0.15, 0.2) is 28.4 Å². The van der Waals surface area contributed by atoms with Gasteiger partial charge in [0.05, 0.1) is 19.5 Å². The van der Waals surface area contributed by atoms with E-state index in [2.05, 4.69) is 4.98 Å². The average Bonchev–Trinajstić information content (AvgIpc) is 3.17. The molecule has 1 aliphatic rings. The Balaban J connectivity index is 1.83. The molecular formula is C13H12N2O5S. The van der Waals surface area contributed by atoms with Crippen molar-refractivity contribution < 1.29 is 23.8 Å². The third-order valence-electron chi connectivity index (χ3n) is 3.17. The maximum atomic E-state index is 12.4. The molecule has 2 aromatic rings. The van der Waals surface area contributed by atoms with E-state index in [1.807, 2.05) is 0 Å². The smallest absolute Gasteiger partial charge is 0.328 e. The number of carbonyl (C=O) groups excluding carboxylic acids is 1. The van der Waals surface area contributed by atoms with Gasteiger partial charge in [0, 0.05) is 17.5 Å². The number of amides is 1. The fourth-order valence-electron chi connectivity index (χ4n) is 2.09. The maximum absolute atomic E-state index is 12.4. The summed E-state index contributed by atoms with van der Waals surface area (Å²) in [7, 11) is 0. The van der Waals surface area contributed by atoms with E-state index in [-0.39, 0.29) is 18.8 Å². The number of rotatable bonds is 3. The van der Waals surface area contributed by atoms with Gasteiger partial charge in [0.2, 0.25) is 0 Å². The van der Waals surface area contributed by atoms with E-state index in [0.29, 0.717) is 11.6 Å². The van der Waals surface area contributed by atoms with Crippen LogP contribution in [0.3, 0.4) is 0 Å². The van der Waals surface area contributed by atoms with Gasteiger partial charge in [0.1, 0.15) is 17.0 Å². The van der Waals surface area contributed by atoms with Crippen LogP contribution >= 0.6 is 11.3 Å². The minimum absolute atomic E-state index is 0.000200. The molecule has 2 aromatic heterocycles. The zero-order valence-electron chi connectivity index (χ0n) is 10.9. The van der Waals surface area contributed by atoms with Crippen LogP contribution in [0.2, 0.25) is 0 Å². The van der Waals surface area contributed by atoms with E-state index >= 15 is 0 Å². The van der Waals surface area contributed by atoms with Gasteiger partial charge in [-0.2, -0.15) is 0 Å². The van der Waals surface area contributed by atoms with Crippen LogP contribution in [0.4, 0.5) is 0 Å². The standard InChI is InChI=1S/C13H12N2O5S/c16-12(15-2-4-20-6-10(15)13(17)18)9-7-21-11(14-9)8-1-3-19-5-8/h1,3,5,7,10H,2,4,6H2,(H,17,18)/t10-/m1/s1. The second-order valence-electron chi connectivity index (χ2n) is 4.48. The van der Waals surface area contributed by atoms with Crippen molar-refractivity contribution in [3.05, 3.63) is 29.7 Å². The summed E-state index contributed by atoms with van der Waals surface area (Å²) in [5.41, 5.74) is 1.03. The zero-order valence-corrected chi connectivity index (χ0v) is 11.7. The SMILES string of the molecule is O=C(O)[C@H]1COCCN1C(=O)c1csc(-c2ccoc2)n1. The minimum Gasteiger partial charge on any atom is -0.480 e. The van der Waals surface area contributed by atoms with Crippen molar-refractivity contribution in [3.63, 3.8) is 0 Å². The van der Waals surface area contributed by atoms with E-state index in [0.717, 1.165) is 5.56 Å². The molecule has 1 amide bonds. The summed E-state index contributed by atoms with van der Waals surface area (Å²) in [5.74, 6) is -1.47. The molecule has 110 valence electrons. The third-order valence-corrected chi connectivity index (χ3v) is 4.06. The molecule has 1 aliphatic heterocycles. The first kappa shape index (κ1) is 13.8. The number of morpholine rings is 1. The number of furan rings is 1. The quantitative estimate of drug-likeness (QED) is 0.919. The van der Waals surface area contributed by atoms with E-state index in [9.17, 15) is 9.59 Å². The fourth-order valence-corrected chi connectivity index (χ4v) is 2.87. The molecule has 3 heterocycles. The zero-order chi connectivity index (χ0) is 14.8. The molecule has 0 saturated carbocycles. The van der Waals surface area contributed by atoms with Gasteiger partial charge in [-0.3, -0.25) is 4.79 Å². The van der Waals surface area contributed by atoms with Crippen LogP contribution in [-0.4, -0.2) is 52.7 Å². The number of thiazole rings is 1. The molecule has 1 atom stereocenters. The number of hydrogen-bond acceptors (Lipinski definition) is 6. The van der Waals surface area contributed by atoms with Gasteiger partial charge in [-0.15, -0.1) is 11.3 Å². The Labute approximate surface area is 123 Å². The van der Waals surface area contributed by atoms with Gasteiger partial charge in [0.15, 0.2) is 6.04 Å². The number of hydrogen-bond donors (Lipinski definition) is 1. The van der Waals surface area contributed by atoms with Gasteiger partial charge in [-0.25, -0.2) is 9.78 Å². The highest BCUT2D eigenvalue weighted by Crippen LogP contribution is 2.25. The first-order valence-electron chi connectivity index (χ1n) is 6.26. The average molecular weight is 308 g/mol. The highest BCUT2D eigenvalue weighted by Gasteiger charge is 2.34. The van der Waals surface area contributed by atoms with Crippen molar-refractivity contribution in [2.75, 3.05) is 19.8 Å². The van der Waals surface area contributed by atoms with Crippen LogP contribution in [0, 0.1) is 0 Å². The van der Waals surface area contributed by atoms with Gasteiger partial charge >= 0.3 is 5.97 Å². The predicted octanol–water partition coefficient (Wildman–Crippen LogP) is 1.33. The predicted molar refractivity (Wildman–Crippen MR) is 73.1 cm³/mol. The summed E-state index contributed by atoms with van der Waals surface area (Å²) in [5, 5.41) is 11.4. The Bertz CT molecular complexity index is 651. The molecule has 3 rings (SSSR count). The number of carboxylic acids is 1. The molecule has 8 heteroatoms. The lowest BCUT2D eigenvalue weighted by atomic mass is 10.2. The molecule has 0 unspecified atom stereocenters. The number of aliphatic carboxylic acids is 1. The van der Waals surface area contributed by atoms with Gasteiger partial charge in [0.25, 0.3) is 5.91 Å². The van der Waals surface area contributed by atoms with Crippen molar-refractivity contribution in [2.45, 2.75) is 6.04 Å². The molecule has 0 radical (unpaired) electrons. The molecular weight excluding hydrogens is 296 g/mol. The Kier molecular flexibility index (Phi) is 3.72. The van der Waals surface area contributed by atoms with E-state index in [1.165, 1.54) is 22.5 Å². The maximum Gasteiger partial charge on any atom is 0.328 e. The number of aromatic nitrogens is 1. The van der Waals surface area contributed by atoms with E-state index in [1.54, 1.807) is 17.7 Å². The van der Waals surface area contributed by atoms with Crippen molar-refractivity contribution in [1.29, 1.82) is 0 Å². The lowest BCUT2D eigenvalue weighted by Crippen LogP contribution is -2.52. The van der Waals surface area contributed by atoms with Gasteiger partial charge < -0.3 is 19.2 Å². The topological polar surface area (TPSA) is 92.9 Å². The largest absolute Gasteiger partial charge is 0.480 e. The number of ether oxygens (including phenoxy) is 1. The molecule has 1 saturated heterocycles. The molecule has 0 spiro atoms. The van der Waals surface area contributed by atoms with Crippen molar-refractivity contribution >= 4 is 23.2 Å². The number of carbonyl (C=O) groups is 2. The second-order valence-corrected chi connectivity index (χ2v) is 5.34. The number of nitrogens with zero attached hydrogens (tertiary/aromatic N) is 2. The number of carboxylic acid groups (broad SMARTS) is 1. The summed E-state index contributed by atoms with van der Waals surface area (Å²) in [6.45, 7) is 0.572. The second kappa shape index (κ2) is 5.66. The Morgan fingerprint density at radius 1 is 1.48 bits per heavy atom. The van der Waals surface area contributed by atoms with Crippen molar-refractivity contribution in [2.24, 2.45) is 0 Å².